The zero-order valence-corrected chi connectivity index (χ0v) is 16.9. The molecule has 4 nitrogen and oxygen atoms in total. The second kappa shape index (κ2) is 7.63. The Bertz CT molecular complexity index is 968. The molecule has 1 aliphatic heterocycles. The molecule has 0 fully saturated rings. The van der Waals surface area contributed by atoms with E-state index in [1.165, 1.54) is 11.3 Å². The number of benzene rings is 1. The summed E-state index contributed by atoms with van der Waals surface area (Å²) in [6.45, 7) is 6.79. The first-order valence-corrected chi connectivity index (χ1v) is 9.86. The third-order valence-corrected chi connectivity index (χ3v) is 5.33. The molecular formula is C21H21Cl2N3O. The van der Waals surface area contributed by atoms with Crippen LogP contribution in [-0.4, -0.2) is 21.4 Å². The van der Waals surface area contributed by atoms with Crippen molar-refractivity contribution >= 4 is 23.2 Å². The van der Waals surface area contributed by atoms with Crippen LogP contribution >= 0.6 is 23.2 Å². The highest BCUT2D eigenvalue weighted by atomic mass is 35.5. The molecule has 0 spiro atoms. The van der Waals surface area contributed by atoms with E-state index in [9.17, 15) is 0 Å². The molecular weight excluding hydrogens is 381 g/mol. The van der Waals surface area contributed by atoms with Crippen LogP contribution in [0.4, 0.5) is 0 Å². The van der Waals surface area contributed by atoms with Crippen LogP contribution < -0.4 is 0 Å². The topological polar surface area (TPSA) is 42.2 Å². The van der Waals surface area contributed by atoms with Gasteiger partial charge in [0, 0.05) is 53.5 Å². The van der Waals surface area contributed by atoms with Crippen LogP contribution in [0.5, 0.6) is 0 Å². The Morgan fingerprint density at radius 3 is 2.81 bits per heavy atom. The molecule has 3 aromatic rings. The summed E-state index contributed by atoms with van der Waals surface area (Å²) < 4.78 is 6.03. The van der Waals surface area contributed by atoms with Crippen molar-refractivity contribution in [1.29, 1.82) is 0 Å². The molecule has 1 aliphatic rings. The highest BCUT2D eigenvalue weighted by Crippen LogP contribution is 2.32. The van der Waals surface area contributed by atoms with Crippen LogP contribution in [0.2, 0.25) is 10.0 Å². The molecule has 0 atom stereocenters. The molecule has 4 rings (SSSR count). The van der Waals surface area contributed by atoms with Crippen molar-refractivity contribution < 1.29 is 4.42 Å². The number of fused-ring (bicyclic) bond motifs is 1. The van der Waals surface area contributed by atoms with Crippen LogP contribution in [0.15, 0.2) is 40.9 Å². The van der Waals surface area contributed by atoms with Crippen LogP contribution in [0, 0.1) is 0 Å². The van der Waals surface area contributed by atoms with E-state index in [2.05, 4.69) is 23.7 Å². The number of rotatable bonds is 4. The molecule has 2 aromatic heterocycles. The average molecular weight is 402 g/mol. The first-order chi connectivity index (χ1) is 13.0. The summed E-state index contributed by atoms with van der Waals surface area (Å²) in [6, 6.07) is 9.40. The second-order valence-corrected chi connectivity index (χ2v) is 8.05. The minimum Gasteiger partial charge on any atom is -0.460 e. The monoisotopic (exact) mass is 401 g/mol. The summed E-state index contributed by atoms with van der Waals surface area (Å²) in [5.41, 5.74) is 3.24. The van der Waals surface area contributed by atoms with E-state index in [4.69, 9.17) is 32.6 Å². The Morgan fingerprint density at radius 1 is 1.19 bits per heavy atom. The molecule has 27 heavy (non-hydrogen) atoms. The standard InChI is InChI=1S/C21H21Cl2N3O/c1-13(2)21-24-10-14-11-26(8-7-19(14)25-21)12-16-4-6-20(27-16)17-5-3-15(22)9-18(17)23/h3-6,9-10,13H,7-8,11-12H2,1-2H3. The van der Waals surface area contributed by atoms with E-state index >= 15 is 0 Å². The number of aromatic nitrogens is 2. The fourth-order valence-corrected chi connectivity index (χ4v) is 3.82. The van der Waals surface area contributed by atoms with Gasteiger partial charge in [0.2, 0.25) is 0 Å². The average Bonchev–Trinajstić information content (AvgIpc) is 3.09. The lowest BCUT2D eigenvalue weighted by molar-refractivity contribution is 0.224. The van der Waals surface area contributed by atoms with Crippen molar-refractivity contribution in [3.8, 4) is 11.3 Å². The van der Waals surface area contributed by atoms with Gasteiger partial charge in [0.25, 0.3) is 0 Å². The molecule has 0 amide bonds. The molecule has 0 unspecified atom stereocenters. The van der Waals surface area contributed by atoms with Crippen molar-refractivity contribution in [2.75, 3.05) is 6.54 Å². The summed E-state index contributed by atoms with van der Waals surface area (Å²) in [4.78, 5) is 11.6. The van der Waals surface area contributed by atoms with Gasteiger partial charge >= 0.3 is 0 Å². The predicted molar refractivity (Wildman–Crippen MR) is 108 cm³/mol. The van der Waals surface area contributed by atoms with Gasteiger partial charge in [-0.25, -0.2) is 9.97 Å². The number of hydrogen-bond donors (Lipinski definition) is 0. The summed E-state index contributed by atoms with van der Waals surface area (Å²) in [5.74, 6) is 2.96. The summed E-state index contributed by atoms with van der Waals surface area (Å²) in [5, 5.41) is 1.21. The van der Waals surface area contributed by atoms with Crippen molar-refractivity contribution in [2.24, 2.45) is 0 Å². The fraction of sp³-hybridized carbons (Fsp3) is 0.333. The smallest absolute Gasteiger partial charge is 0.135 e. The van der Waals surface area contributed by atoms with Crippen LogP contribution in [0.3, 0.4) is 0 Å². The maximum atomic E-state index is 6.29. The van der Waals surface area contributed by atoms with Crippen LogP contribution in [0.1, 0.15) is 42.6 Å². The van der Waals surface area contributed by atoms with E-state index in [0.29, 0.717) is 16.0 Å². The Balaban J connectivity index is 1.47. The molecule has 3 heterocycles. The first-order valence-electron chi connectivity index (χ1n) is 9.11. The van der Waals surface area contributed by atoms with Gasteiger partial charge in [-0.15, -0.1) is 0 Å². The number of hydrogen-bond acceptors (Lipinski definition) is 4. The Labute approximate surface area is 169 Å². The molecule has 0 radical (unpaired) electrons. The molecule has 0 bridgehead atoms. The van der Waals surface area contributed by atoms with Gasteiger partial charge in [0.15, 0.2) is 0 Å². The zero-order chi connectivity index (χ0) is 19.0. The van der Waals surface area contributed by atoms with Crippen LogP contribution in [0.25, 0.3) is 11.3 Å². The Morgan fingerprint density at radius 2 is 2.04 bits per heavy atom. The Hall–Kier alpha value is -1.88. The van der Waals surface area contributed by atoms with Gasteiger partial charge in [0.1, 0.15) is 17.3 Å². The Kier molecular flexibility index (Phi) is 5.22. The van der Waals surface area contributed by atoms with E-state index < -0.39 is 0 Å². The molecule has 0 saturated carbocycles. The van der Waals surface area contributed by atoms with Gasteiger partial charge in [-0.2, -0.15) is 0 Å². The SMILES string of the molecule is CC(C)c1ncc2c(n1)CCN(Cc1ccc(-c3ccc(Cl)cc3Cl)o1)C2. The number of furan rings is 1. The largest absolute Gasteiger partial charge is 0.460 e. The third kappa shape index (κ3) is 4.03. The maximum Gasteiger partial charge on any atom is 0.135 e. The zero-order valence-electron chi connectivity index (χ0n) is 15.4. The maximum absolute atomic E-state index is 6.29. The summed E-state index contributed by atoms with van der Waals surface area (Å²) >= 11 is 12.3. The van der Waals surface area contributed by atoms with Crippen molar-refractivity contribution in [3.63, 3.8) is 0 Å². The highest BCUT2D eigenvalue weighted by molar-refractivity contribution is 6.36. The quantitative estimate of drug-likeness (QED) is 0.559. The normalized spacial score (nSPS) is 14.6. The molecule has 0 N–H and O–H groups in total. The fourth-order valence-electron chi connectivity index (χ4n) is 3.32. The first kappa shape index (κ1) is 18.5. The lowest BCUT2D eigenvalue weighted by Gasteiger charge is -2.27. The lowest BCUT2D eigenvalue weighted by Crippen LogP contribution is -2.31. The highest BCUT2D eigenvalue weighted by Gasteiger charge is 2.20. The minimum atomic E-state index is 0.356. The molecule has 0 aliphatic carbocycles. The van der Waals surface area contributed by atoms with Gasteiger partial charge in [-0.1, -0.05) is 37.0 Å². The van der Waals surface area contributed by atoms with Crippen molar-refractivity contribution in [3.05, 3.63) is 69.4 Å². The minimum absolute atomic E-state index is 0.356. The summed E-state index contributed by atoms with van der Waals surface area (Å²) in [6.07, 6.45) is 2.92. The summed E-state index contributed by atoms with van der Waals surface area (Å²) in [7, 11) is 0. The van der Waals surface area contributed by atoms with Gasteiger partial charge in [-0.05, 0) is 30.3 Å². The molecule has 0 saturated heterocycles. The van der Waals surface area contributed by atoms with Gasteiger partial charge in [-0.3, -0.25) is 4.90 Å². The number of nitrogens with zero attached hydrogens (tertiary/aromatic N) is 3. The molecule has 1 aromatic carbocycles. The van der Waals surface area contributed by atoms with Gasteiger partial charge < -0.3 is 4.42 Å². The van der Waals surface area contributed by atoms with Gasteiger partial charge in [0.05, 0.1) is 11.6 Å². The molecule has 6 heteroatoms. The van der Waals surface area contributed by atoms with Crippen molar-refractivity contribution in [2.45, 2.75) is 39.3 Å². The van der Waals surface area contributed by atoms with Crippen LogP contribution in [-0.2, 0) is 19.5 Å². The van der Waals surface area contributed by atoms with E-state index in [-0.39, 0.29) is 0 Å². The predicted octanol–water partition coefficient (Wildman–Crippen LogP) is 5.73. The third-order valence-electron chi connectivity index (χ3n) is 4.79. The van der Waals surface area contributed by atoms with E-state index in [0.717, 1.165) is 49.0 Å². The lowest BCUT2D eigenvalue weighted by atomic mass is 10.1. The van der Waals surface area contributed by atoms with E-state index in [1.54, 1.807) is 6.07 Å². The second-order valence-electron chi connectivity index (χ2n) is 7.21. The number of halogens is 2. The molecule has 140 valence electrons. The van der Waals surface area contributed by atoms with Crippen molar-refractivity contribution in [1.82, 2.24) is 14.9 Å². The van der Waals surface area contributed by atoms with E-state index in [1.807, 2.05) is 30.5 Å².